The molecule has 0 atom stereocenters. The summed E-state index contributed by atoms with van der Waals surface area (Å²) < 4.78 is 8.65. The lowest BCUT2D eigenvalue weighted by Crippen LogP contribution is -1.79. The van der Waals surface area contributed by atoms with E-state index < -0.39 is 0 Å². The monoisotopic (exact) mass is 87.0 g/mol. The molecule has 0 aliphatic carbocycles. The smallest absolute Gasteiger partial charge is 0.322 e. The van der Waals surface area contributed by atoms with Gasteiger partial charge in [0.05, 0.1) is 0 Å². The zero-order valence-corrected chi connectivity index (χ0v) is 3.73. The van der Waals surface area contributed by atoms with Crippen molar-refractivity contribution in [3.63, 3.8) is 0 Å². The van der Waals surface area contributed by atoms with Crippen molar-refractivity contribution in [3.05, 3.63) is 12.5 Å². The van der Waals surface area contributed by atoms with Crippen LogP contribution in [-0.4, -0.2) is 13.9 Å². The lowest BCUT2D eigenvalue weighted by molar-refractivity contribution is -0.427. The number of carbonyl (C=O) groups excluding carboxylic acids is 1. The van der Waals surface area contributed by atoms with Crippen molar-refractivity contribution in [2.45, 2.75) is 0 Å². The number of methoxy groups -OCH3 is 1. The van der Waals surface area contributed by atoms with Crippen molar-refractivity contribution in [2.75, 3.05) is 7.11 Å². The summed E-state index contributed by atoms with van der Waals surface area (Å²) in [5, 5.41) is 0. The van der Waals surface area contributed by atoms with Crippen LogP contribution in [-0.2, 0) is 9.16 Å². The maximum atomic E-state index is 4.42. The van der Waals surface area contributed by atoms with Gasteiger partial charge in [-0.1, -0.05) is 0 Å². The fourth-order valence-electron chi connectivity index (χ4n) is 0.0589. The summed E-state index contributed by atoms with van der Waals surface area (Å²) >= 11 is 0. The van der Waals surface area contributed by atoms with E-state index in [4.69, 9.17) is 0 Å². The molecule has 0 N–H and O–H groups in total. The molecule has 0 saturated carbocycles. The average Bonchev–Trinajstić information content (AvgIpc) is 1.65. The van der Waals surface area contributed by atoms with E-state index in [1.54, 1.807) is 0 Å². The Labute approximate surface area is 36.7 Å². The lowest BCUT2D eigenvalue weighted by Gasteiger charge is -1.74. The highest BCUT2D eigenvalue weighted by molar-refractivity contribution is 5.13. The normalized spacial score (nSPS) is 6.83. The van der Waals surface area contributed by atoms with Crippen molar-refractivity contribution in [1.29, 1.82) is 0 Å². The van der Waals surface area contributed by atoms with Crippen LogP contribution in [0.15, 0.2) is 12.5 Å². The first-order chi connectivity index (χ1) is 2.81. The van der Waals surface area contributed by atoms with E-state index in [0.717, 1.165) is 0 Å². The third-order valence-corrected chi connectivity index (χ3v) is 0.389. The molecule has 34 valence electrons. The van der Waals surface area contributed by atoms with Gasteiger partial charge in [-0.15, -0.1) is 0 Å². The number of hydrogen-bond donors (Lipinski definition) is 0. The van der Waals surface area contributed by atoms with Crippen LogP contribution in [0.2, 0.25) is 0 Å². The summed E-state index contributed by atoms with van der Waals surface area (Å²) in [7, 11) is 1.47. The predicted molar refractivity (Wildman–Crippen MR) is 23.3 cm³/mol. The second-order valence-corrected chi connectivity index (χ2v) is 0.720. The second kappa shape index (κ2) is 2.45. The van der Waals surface area contributed by atoms with Crippen LogP contribution in [0, 0.1) is 0 Å². The van der Waals surface area contributed by atoms with Crippen molar-refractivity contribution >= 4 is 6.79 Å². The minimum Gasteiger partial charge on any atom is -0.322 e. The van der Waals surface area contributed by atoms with Gasteiger partial charge in [-0.2, -0.15) is 0 Å². The fourth-order valence-corrected chi connectivity index (χ4v) is 0.0589. The Morgan fingerprint density at radius 2 is 2.33 bits per heavy atom. The molecule has 0 rings (SSSR count). The Morgan fingerprint density at radius 3 is 2.33 bits per heavy atom. The van der Waals surface area contributed by atoms with Crippen LogP contribution in [0.25, 0.3) is 0 Å². The van der Waals surface area contributed by atoms with Gasteiger partial charge in [-0.3, -0.25) is 4.42 Å². The molecule has 0 bridgehead atoms. The maximum absolute atomic E-state index is 4.42. The summed E-state index contributed by atoms with van der Waals surface area (Å²) in [5.74, 6) is 0.231. The molecule has 0 amide bonds. The Bertz CT molecular complexity index is 65.9. The molecular formula is C4H7O2+. The molecule has 0 fully saturated rings. The highest BCUT2D eigenvalue weighted by Gasteiger charge is 1.91. The van der Waals surface area contributed by atoms with E-state index >= 15 is 0 Å². The van der Waals surface area contributed by atoms with Gasteiger partial charge in [0.2, 0.25) is 0 Å². The average molecular weight is 87.1 g/mol. The van der Waals surface area contributed by atoms with Crippen molar-refractivity contribution in [2.24, 2.45) is 0 Å². The van der Waals surface area contributed by atoms with Crippen LogP contribution in [0.1, 0.15) is 0 Å². The van der Waals surface area contributed by atoms with Crippen LogP contribution in [0.5, 0.6) is 0 Å². The molecular weight excluding hydrogens is 80.0 g/mol. The van der Waals surface area contributed by atoms with E-state index in [1.165, 1.54) is 7.11 Å². The topological polar surface area (TPSA) is 20.5 Å². The Hall–Kier alpha value is -0.790. The Morgan fingerprint density at radius 1 is 1.83 bits per heavy atom. The second-order valence-electron chi connectivity index (χ2n) is 0.720. The quantitative estimate of drug-likeness (QED) is 0.354. The molecule has 2 nitrogen and oxygen atoms in total. The maximum Gasteiger partial charge on any atom is 0.509 e. The third-order valence-electron chi connectivity index (χ3n) is 0.389. The van der Waals surface area contributed by atoms with Gasteiger partial charge < -0.3 is 4.74 Å². The van der Waals surface area contributed by atoms with E-state index in [0.29, 0.717) is 0 Å². The third kappa shape index (κ3) is 1.52. The van der Waals surface area contributed by atoms with Gasteiger partial charge >= 0.3 is 5.95 Å². The summed E-state index contributed by atoms with van der Waals surface area (Å²) in [6.45, 7) is 6.32. The SMILES string of the molecule is C=[O+]C(=C)OC. The molecule has 0 aromatic heterocycles. The van der Waals surface area contributed by atoms with Gasteiger partial charge in [0.1, 0.15) is 0 Å². The molecule has 0 aliphatic heterocycles. The summed E-state index contributed by atoms with van der Waals surface area (Å²) in [5.41, 5.74) is 0. The summed E-state index contributed by atoms with van der Waals surface area (Å²) in [6, 6.07) is 0. The largest absolute Gasteiger partial charge is 0.509 e. The predicted octanol–water partition coefficient (Wildman–Crippen LogP) is 0.468. The van der Waals surface area contributed by atoms with Crippen LogP contribution in [0.4, 0.5) is 0 Å². The standard InChI is InChI=1S/C4H7O2/c1-4(5-2)6-3/h1-2H2,3H3/q+1. The number of hydrogen-bond acceptors (Lipinski definition) is 1. The fraction of sp³-hybridized carbons (Fsp3) is 0.250. The molecule has 0 heterocycles. The molecule has 0 aromatic carbocycles. The van der Waals surface area contributed by atoms with Gasteiger partial charge in [-0.25, -0.2) is 0 Å². The minimum atomic E-state index is 0.231. The van der Waals surface area contributed by atoms with E-state index in [2.05, 4.69) is 22.5 Å². The minimum absolute atomic E-state index is 0.231. The Kier molecular flexibility index (Phi) is 2.13. The van der Waals surface area contributed by atoms with Gasteiger partial charge in [0.15, 0.2) is 13.9 Å². The summed E-state index contributed by atoms with van der Waals surface area (Å²) in [4.78, 5) is 0. The van der Waals surface area contributed by atoms with E-state index in [-0.39, 0.29) is 5.95 Å². The zero-order valence-electron chi connectivity index (χ0n) is 3.73. The molecule has 0 aromatic rings. The van der Waals surface area contributed by atoms with Crippen LogP contribution < -0.4 is 0 Å². The van der Waals surface area contributed by atoms with Gasteiger partial charge in [0, 0.05) is 6.58 Å². The molecule has 2 heteroatoms. The van der Waals surface area contributed by atoms with Crippen molar-refractivity contribution in [3.8, 4) is 0 Å². The first-order valence-electron chi connectivity index (χ1n) is 1.46. The first-order valence-corrected chi connectivity index (χ1v) is 1.46. The zero-order chi connectivity index (χ0) is 4.99. The molecule has 0 spiro atoms. The van der Waals surface area contributed by atoms with Gasteiger partial charge in [0.25, 0.3) is 0 Å². The van der Waals surface area contributed by atoms with Crippen LogP contribution >= 0.6 is 0 Å². The highest BCUT2D eigenvalue weighted by atomic mass is 16.6. The van der Waals surface area contributed by atoms with Crippen molar-refractivity contribution < 1.29 is 9.16 Å². The molecule has 0 radical (unpaired) electrons. The first kappa shape index (κ1) is 5.21. The summed E-state index contributed by atoms with van der Waals surface area (Å²) in [6.07, 6.45) is 0. The molecule has 0 aliphatic rings. The van der Waals surface area contributed by atoms with Crippen molar-refractivity contribution in [1.82, 2.24) is 0 Å². The number of ether oxygens (including phenoxy) is 1. The lowest BCUT2D eigenvalue weighted by atomic mass is 11.0. The highest BCUT2D eigenvalue weighted by Crippen LogP contribution is 1.79. The Balaban J connectivity index is 3.23. The molecule has 6 heavy (non-hydrogen) atoms. The molecule has 0 unspecified atom stereocenters. The van der Waals surface area contributed by atoms with Crippen LogP contribution in [0.3, 0.4) is 0 Å². The van der Waals surface area contributed by atoms with Gasteiger partial charge in [-0.05, 0) is 0 Å². The van der Waals surface area contributed by atoms with E-state index in [9.17, 15) is 0 Å². The van der Waals surface area contributed by atoms with E-state index in [1.807, 2.05) is 0 Å². The molecule has 0 saturated heterocycles. The number of rotatable bonds is 2.